The standard InChI is InChI=1S/C17H18N4S/c1-13-6-7-18-16(12-13)20-8-10-21(11-9-20)17-14-4-2-3-5-15(14)22-19-17/h2-7,12H,8-11H2,1H3. The molecule has 3 heterocycles. The molecular formula is C17H18N4S. The van der Waals surface area contributed by atoms with Gasteiger partial charge < -0.3 is 9.80 Å². The van der Waals surface area contributed by atoms with E-state index in [9.17, 15) is 0 Å². The topological polar surface area (TPSA) is 32.3 Å². The Kier molecular flexibility index (Phi) is 3.42. The van der Waals surface area contributed by atoms with Crippen LogP contribution in [0.5, 0.6) is 0 Å². The van der Waals surface area contributed by atoms with Crippen LogP contribution in [0.1, 0.15) is 5.56 Å². The summed E-state index contributed by atoms with van der Waals surface area (Å²) in [6.07, 6.45) is 1.89. The summed E-state index contributed by atoms with van der Waals surface area (Å²) in [5, 5.41) is 1.27. The molecule has 0 amide bonds. The van der Waals surface area contributed by atoms with Crippen LogP contribution in [0.25, 0.3) is 10.1 Å². The second-order valence-corrected chi connectivity index (χ2v) is 6.47. The molecule has 22 heavy (non-hydrogen) atoms. The summed E-state index contributed by atoms with van der Waals surface area (Å²) in [7, 11) is 0. The number of rotatable bonds is 2. The van der Waals surface area contributed by atoms with Gasteiger partial charge in [0.2, 0.25) is 0 Å². The van der Waals surface area contributed by atoms with Crippen LogP contribution in [-0.2, 0) is 0 Å². The van der Waals surface area contributed by atoms with Gasteiger partial charge in [0, 0.05) is 37.8 Å². The Morgan fingerprint density at radius 1 is 1.00 bits per heavy atom. The summed E-state index contributed by atoms with van der Waals surface area (Å²) in [4.78, 5) is 9.25. The van der Waals surface area contributed by atoms with Crippen molar-refractivity contribution in [1.82, 2.24) is 9.36 Å². The van der Waals surface area contributed by atoms with Crippen LogP contribution >= 0.6 is 11.5 Å². The molecular weight excluding hydrogens is 292 g/mol. The number of aryl methyl sites for hydroxylation is 1. The van der Waals surface area contributed by atoms with E-state index in [1.807, 2.05) is 12.3 Å². The third kappa shape index (κ3) is 2.41. The van der Waals surface area contributed by atoms with E-state index in [0.717, 1.165) is 37.8 Å². The van der Waals surface area contributed by atoms with Crippen LogP contribution in [0.15, 0.2) is 42.6 Å². The third-order valence-electron chi connectivity index (χ3n) is 4.16. The molecule has 0 aliphatic carbocycles. The molecule has 2 aromatic heterocycles. The van der Waals surface area contributed by atoms with Crippen molar-refractivity contribution >= 4 is 33.3 Å². The molecule has 4 nitrogen and oxygen atoms in total. The van der Waals surface area contributed by atoms with Crippen molar-refractivity contribution < 1.29 is 0 Å². The van der Waals surface area contributed by atoms with Crippen molar-refractivity contribution in [3.05, 3.63) is 48.2 Å². The van der Waals surface area contributed by atoms with Crippen LogP contribution < -0.4 is 9.80 Å². The van der Waals surface area contributed by atoms with E-state index in [1.165, 1.54) is 15.6 Å². The van der Waals surface area contributed by atoms with Gasteiger partial charge in [0.15, 0.2) is 0 Å². The van der Waals surface area contributed by atoms with Crippen LogP contribution in [0.4, 0.5) is 11.6 Å². The molecule has 1 aromatic carbocycles. The minimum Gasteiger partial charge on any atom is -0.353 e. The van der Waals surface area contributed by atoms with Crippen LogP contribution in [0, 0.1) is 6.92 Å². The van der Waals surface area contributed by atoms with Gasteiger partial charge in [0.1, 0.15) is 11.6 Å². The predicted octanol–water partition coefficient (Wildman–Crippen LogP) is 3.33. The number of hydrogen-bond donors (Lipinski definition) is 0. The van der Waals surface area contributed by atoms with E-state index in [1.54, 1.807) is 11.5 Å². The molecule has 112 valence electrons. The number of benzene rings is 1. The molecule has 1 aliphatic heterocycles. The maximum absolute atomic E-state index is 4.66. The van der Waals surface area contributed by atoms with Gasteiger partial charge in [0.05, 0.1) is 4.70 Å². The number of anilines is 2. The Labute approximate surface area is 134 Å². The van der Waals surface area contributed by atoms with Gasteiger partial charge in [-0.3, -0.25) is 0 Å². The van der Waals surface area contributed by atoms with Crippen LogP contribution in [-0.4, -0.2) is 35.5 Å². The Morgan fingerprint density at radius 2 is 1.77 bits per heavy atom. The largest absolute Gasteiger partial charge is 0.353 e. The SMILES string of the molecule is Cc1ccnc(N2CCN(c3nsc4ccccc34)CC2)c1. The second-order valence-electron chi connectivity index (χ2n) is 5.67. The zero-order valence-corrected chi connectivity index (χ0v) is 13.4. The highest BCUT2D eigenvalue weighted by Crippen LogP contribution is 2.30. The summed E-state index contributed by atoms with van der Waals surface area (Å²) < 4.78 is 5.93. The fourth-order valence-electron chi connectivity index (χ4n) is 2.94. The van der Waals surface area contributed by atoms with Gasteiger partial charge in [-0.25, -0.2) is 4.98 Å². The van der Waals surface area contributed by atoms with E-state index in [0.29, 0.717) is 0 Å². The van der Waals surface area contributed by atoms with Crippen molar-refractivity contribution in [2.45, 2.75) is 6.92 Å². The molecule has 1 fully saturated rings. The molecule has 0 N–H and O–H groups in total. The van der Waals surface area contributed by atoms with Gasteiger partial charge >= 0.3 is 0 Å². The van der Waals surface area contributed by atoms with E-state index < -0.39 is 0 Å². The van der Waals surface area contributed by atoms with E-state index in [2.05, 4.69) is 56.4 Å². The number of piperazine rings is 1. The summed E-state index contributed by atoms with van der Waals surface area (Å²) >= 11 is 1.59. The maximum Gasteiger partial charge on any atom is 0.150 e. The average Bonchev–Trinajstić information content (AvgIpc) is 2.99. The molecule has 0 bridgehead atoms. The molecule has 0 atom stereocenters. The van der Waals surface area contributed by atoms with Crippen molar-refractivity contribution in [3.8, 4) is 0 Å². The minimum absolute atomic E-state index is 0.988. The van der Waals surface area contributed by atoms with Gasteiger partial charge in [-0.1, -0.05) is 12.1 Å². The zero-order chi connectivity index (χ0) is 14.9. The quantitative estimate of drug-likeness (QED) is 0.727. The van der Waals surface area contributed by atoms with E-state index in [-0.39, 0.29) is 0 Å². The first-order valence-electron chi connectivity index (χ1n) is 7.58. The van der Waals surface area contributed by atoms with Gasteiger partial charge in [-0.2, -0.15) is 4.37 Å². The number of pyridine rings is 1. The maximum atomic E-state index is 4.66. The minimum atomic E-state index is 0.988. The smallest absolute Gasteiger partial charge is 0.150 e. The lowest BCUT2D eigenvalue weighted by Crippen LogP contribution is -2.47. The number of hydrogen-bond acceptors (Lipinski definition) is 5. The monoisotopic (exact) mass is 310 g/mol. The second kappa shape index (κ2) is 5.57. The normalized spacial score (nSPS) is 15.5. The Balaban J connectivity index is 1.52. The molecule has 1 aliphatic rings. The van der Waals surface area contributed by atoms with Crippen molar-refractivity contribution in [3.63, 3.8) is 0 Å². The average molecular weight is 310 g/mol. The highest BCUT2D eigenvalue weighted by Gasteiger charge is 2.21. The fraction of sp³-hybridized carbons (Fsp3) is 0.294. The molecule has 0 radical (unpaired) electrons. The lowest BCUT2D eigenvalue weighted by Gasteiger charge is -2.35. The Morgan fingerprint density at radius 3 is 2.59 bits per heavy atom. The number of aromatic nitrogens is 2. The zero-order valence-electron chi connectivity index (χ0n) is 12.6. The molecule has 0 spiro atoms. The lowest BCUT2D eigenvalue weighted by atomic mass is 10.2. The summed E-state index contributed by atoms with van der Waals surface area (Å²) in [5.41, 5.74) is 1.26. The molecule has 5 heteroatoms. The molecule has 0 saturated carbocycles. The first-order valence-corrected chi connectivity index (χ1v) is 8.35. The first kappa shape index (κ1) is 13.5. The third-order valence-corrected chi connectivity index (χ3v) is 4.98. The van der Waals surface area contributed by atoms with Gasteiger partial charge in [-0.05, 0) is 48.3 Å². The highest BCUT2D eigenvalue weighted by molar-refractivity contribution is 7.13. The molecule has 1 saturated heterocycles. The van der Waals surface area contributed by atoms with Crippen LogP contribution in [0.3, 0.4) is 0 Å². The molecule has 3 aromatic rings. The summed E-state index contributed by atoms with van der Waals surface area (Å²) in [6.45, 7) is 6.07. The van der Waals surface area contributed by atoms with Crippen molar-refractivity contribution in [1.29, 1.82) is 0 Å². The van der Waals surface area contributed by atoms with E-state index >= 15 is 0 Å². The Hall–Kier alpha value is -2.14. The summed E-state index contributed by atoms with van der Waals surface area (Å²) in [6, 6.07) is 12.7. The Bertz CT molecular complexity index is 790. The predicted molar refractivity (Wildman–Crippen MR) is 93.0 cm³/mol. The number of nitrogens with zero attached hydrogens (tertiary/aromatic N) is 4. The van der Waals surface area contributed by atoms with Crippen molar-refractivity contribution in [2.75, 3.05) is 36.0 Å². The first-order chi connectivity index (χ1) is 10.8. The number of fused-ring (bicyclic) bond motifs is 1. The molecule has 4 rings (SSSR count). The fourth-order valence-corrected chi connectivity index (χ4v) is 3.74. The molecule has 0 unspecified atom stereocenters. The van der Waals surface area contributed by atoms with Crippen molar-refractivity contribution in [2.24, 2.45) is 0 Å². The van der Waals surface area contributed by atoms with E-state index in [4.69, 9.17) is 0 Å². The van der Waals surface area contributed by atoms with Gasteiger partial charge in [0.25, 0.3) is 0 Å². The lowest BCUT2D eigenvalue weighted by molar-refractivity contribution is 0.645. The summed E-state index contributed by atoms with van der Waals surface area (Å²) in [5.74, 6) is 2.22. The van der Waals surface area contributed by atoms with Gasteiger partial charge in [-0.15, -0.1) is 0 Å². The van der Waals surface area contributed by atoms with Crippen LogP contribution in [0.2, 0.25) is 0 Å². The highest BCUT2D eigenvalue weighted by atomic mass is 32.1.